The van der Waals surface area contributed by atoms with Crippen LogP contribution in [0.2, 0.25) is 0 Å². The van der Waals surface area contributed by atoms with Gasteiger partial charge in [0.1, 0.15) is 11.6 Å². The van der Waals surface area contributed by atoms with Crippen molar-refractivity contribution < 1.29 is 13.9 Å². The largest absolute Gasteiger partial charge is 0.432 e. The fourth-order valence-electron chi connectivity index (χ4n) is 2.60. The number of hydrogen-bond acceptors (Lipinski definition) is 3. The van der Waals surface area contributed by atoms with Crippen LogP contribution in [0, 0.1) is 5.82 Å². The Bertz CT molecular complexity index is 768. The molecule has 1 amide bonds. The SMILES string of the molecule is CC(C)N(C(=S)Oc1ccc(C(=O)Nc2ccccc2F)cc1)C(C)C. The second-order valence-corrected chi connectivity index (χ2v) is 6.77. The van der Waals surface area contributed by atoms with Crippen molar-refractivity contribution >= 4 is 29.0 Å². The van der Waals surface area contributed by atoms with Crippen molar-refractivity contribution in [2.45, 2.75) is 39.8 Å². The molecule has 6 heteroatoms. The molecule has 0 unspecified atom stereocenters. The molecular weight excluding hydrogens is 351 g/mol. The summed E-state index contributed by atoms with van der Waals surface area (Å²) in [5.74, 6) is -0.326. The number of ether oxygens (including phenoxy) is 1. The van der Waals surface area contributed by atoms with E-state index < -0.39 is 11.7 Å². The molecule has 0 bridgehead atoms. The lowest BCUT2D eigenvalue weighted by Crippen LogP contribution is -2.43. The van der Waals surface area contributed by atoms with Crippen LogP contribution in [0.4, 0.5) is 10.1 Å². The molecule has 0 aliphatic heterocycles. The third kappa shape index (κ3) is 5.02. The standard InChI is InChI=1S/C20H23FN2O2S/c1-13(2)23(14(3)4)20(26)25-16-11-9-15(10-12-16)19(24)22-18-8-6-5-7-17(18)21/h5-14H,1-4H3,(H,22,24). The molecule has 0 atom stereocenters. The summed E-state index contributed by atoms with van der Waals surface area (Å²) in [5, 5.41) is 2.93. The lowest BCUT2D eigenvalue weighted by atomic mass is 10.2. The number of carbonyl (C=O) groups is 1. The number of para-hydroxylation sites is 1. The molecule has 0 fully saturated rings. The van der Waals surface area contributed by atoms with Gasteiger partial charge in [0.05, 0.1) is 5.69 Å². The highest BCUT2D eigenvalue weighted by atomic mass is 32.1. The lowest BCUT2D eigenvalue weighted by molar-refractivity contribution is 0.102. The van der Waals surface area contributed by atoms with Crippen molar-refractivity contribution in [3.8, 4) is 5.75 Å². The molecule has 0 saturated heterocycles. The predicted molar refractivity (Wildman–Crippen MR) is 106 cm³/mol. The first-order valence-electron chi connectivity index (χ1n) is 8.45. The van der Waals surface area contributed by atoms with Gasteiger partial charge in [-0.05, 0) is 76.3 Å². The summed E-state index contributed by atoms with van der Waals surface area (Å²) < 4.78 is 19.4. The molecule has 26 heavy (non-hydrogen) atoms. The van der Waals surface area contributed by atoms with Crippen molar-refractivity contribution in [2.24, 2.45) is 0 Å². The van der Waals surface area contributed by atoms with E-state index in [0.29, 0.717) is 16.5 Å². The average Bonchev–Trinajstić information content (AvgIpc) is 2.56. The maximum absolute atomic E-state index is 13.6. The van der Waals surface area contributed by atoms with Gasteiger partial charge in [0.15, 0.2) is 0 Å². The first-order valence-corrected chi connectivity index (χ1v) is 8.86. The van der Waals surface area contributed by atoms with Crippen LogP contribution < -0.4 is 10.1 Å². The van der Waals surface area contributed by atoms with Crippen LogP contribution in [-0.4, -0.2) is 28.1 Å². The van der Waals surface area contributed by atoms with E-state index in [1.165, 1.54) is 12.1 Å². The Morgan fingerprint density at radius 2 is 1.62 bits per heavy atom. The fraction of sp³-hybridized carbons (Fsp3) is 0.300. The number of hydrogen-bond donors (Lipinski definition) is 1. The molecule has 0 saturated carbocycles. The zero-order valence-electron chi connectivity index (χ0n) is 15.3. The Labute approximate surface area is 159 Å². The predicted octanol–water partition coefficient (Wildman–Crippen LogP) is 4.86. The van der Waals surface area contributed by atoms with E-state index in [2.05, 4.69) is 5.32 Å². The van der Waals surface area contributed by atoms with Crippen molar-refractivity contribution in [1.29, 1.82) is 0 Å². The van der Waals surface area contributed by atoms with E-state index in [9.17, 15) is 9.18 Å². The van der Waals surface area contributed by atoms with Gasteiger partial charge in [-0.3, -0.25) is 4.79 Å². The minimum atomic E-state index is -0.478. The molecule has 0 spiro atoms. The van der Waals surface area contributed by atoms with Crippen LogP contribution in [0.15, 0.2) is 48.5 Å². The molecule has 0 radical (unpaired) electrons. The van der Waals surface area contributed by atoms with E-state index in [0.717, 1.165) is 0 Å². The minimum Gasteiger partial charge on any atom is -0.432 e. The van der Waals surface area contributed by atoms with Crippen LogP contribution >= 0.6 is 12.2 Å². The van der Waals surface area contributed by atoms with Gasteiger partial charge >= 0.3 is 0 Å². The number of nitrogens with one attached hydrogen (secondary N) is 1. The number of rotatable bonds is 5. The quantitative estimate of drug-likeness (QED) is 0.759. The van der Waals surface area contributed by atoms with Gasteiger partial charge in [-0.1, -0.05) is 12.1 Å². The average molecular weight is 374 g/mol. The highest BCUT2D eigenvalue weighted by molar-refractivity contribution is 7.80. The Morgan fingerprint density at radius 3 is 2.15 bits per heavy atom. The summed E-state index contributed by atoms with van der Waals surface area (Å²) >= 11 is 5.38. The molecule has 0 aliphatic rings. The number of nitrogens with zero attached hydrogens (tertiary/aromatic N) is 1. The number of benzene rings is 2. The second kappa shape index (κ2) is 8.76. The monoisotopic (exact) mass is 374 g/mol. The zero-order chi connectivity index (χ0) is 19.3. The van der Waals surface area contributed by atoms with Crippen molar-refractivity contribution in [3.05, 3.63) is 59.9 Å². The van der Waals surface area contributed by atoms with Crippen molar-refractivity contribution in [2.75, 3.05) is 5.32 Å². The first kappa shape index (κ1) is 19.8. The van der Waals surface area contributed by atoms with Gasteiger partial charge in [-0.25, -0.2) is 4.39 Å². The Morgan fingerprint density at radius 1 is 1.04 bits per heavy atom. The Kier molecular flexibility index (Phi) is 6.69. The second-order valence-electron chi connectivity index (χ2n) is 6.42. The van der Waals surface area contributed by atoms with Crippen molar-refractivity contribution in [1.82, 2.24) is 4.90 Å². The first-order chi connectivity index (χ1) is 12.3. The topological polar surface area (TPSA) is 41.6 Å². The van der Waals surface area contributed by atoms with Gasteiger partial charge in [-0.2, -0.15) is 0 Å². The highest BCUT2D eigenvalue weighted by Crippen LogP contribution is 2.18. The molecule has 0 aromatic heterocycles. The minimum absolute atomic E-state index is 0.142. The smallest absolute Gasteiger partial charge is 0.265 e. The number of thiocarbonyl (C=S) groups is 1. The zero-order valence-corrected chi connectivity index (χ0v) is 16.1. The summed E-state index contributed by atoms with van der Waals surface area (Å²) in [4.78, 5) is 14.2. The Balaban J connectivity index is 2.05. The fourth-order valence-corrected chi connectivity index (χ4v) is 3.12. The molecule has 2 rings (SSSR count). The van der Waals surface area contributed by atoms with E-state index in [1.807, 2.05) is 32.6 Å². The van der Waals surface area contributed by atoms with Crippen LogP contribution in [0.5, 0.6) is 5.75 Å². The van der Waals surface area contributed by atoms with E-state index in [-0.39, 0.29) is 17.8 Å². The summed E-state index contributed by atoms with van der Waals surface area (Å²) in [6.45, 7) is 8.19. The molecule has 1 N–H and O–H groups in total. The summed E-state index contributed by atoms with van der Waals surface area (Å²) in [5.41, 5.74) is 0.541. The van der Waals surface area contributed by atoms with Gasteiger partial charge in [0.2, 0.25) is 0 Å². The van der Waals surface area contributed by atoms with E-state index >= 15 is 0 Å². The molecular formula is C20H23FN2O2S. The third-order valence-electron chi connectivity index (χ3n) is 3.77. The summed E-state index contributed by atoms with van der Waals surface area (Å²) in [7, 11) is 0. The maximum atomic E-state index is 13.6. The molecule has 0 heterocycles. The third-order valence-corrected chi connectivity index (χ3v) is 4.06. The molecule has 0 aliphatic carbocycles. The van der Waals surface area contributed by atoms with E-state index in [1.54, 1.807) is 36.4 Å². The lowest BCUT2D eigenvalue weighted by Gasteiger charge is -2.32. The Hall–Kier alpha value is -2.47. The van der Waals surface area contributed by atoms with Gasteiger partial charge < -0.3 is 15.0 Å². The summed E-state index contributed by atoms with van der Waals surface area (Å²) in [6, 6.07) is 13.0. The van der Waals surface area contributed by atoms with Gasteiger partial charge in [0, 0.05) is 17.6 Å². The molecule has 4 nitrogen and oxygen atoms in total. The van der Waals surface area contributed by atoms with Crippen LogP contribution in [0.3, 0.4) is 0 Å². The normalized spacial score (nSPS) is 10.7. The van der Waals surface area contributed by atoms with Gasteiger partial charge in [-0.15, -0.1) is 0 Å². The highest BCUT2D eigenvalue weighted by Gasteiger charge is 2.18. The summed E-state index contributed by atoms with van der Waals surface area (Å²) in [6.07, 6.45) is 0. The number of carbonyl (C=O) groups excluding carboxylic acids is 1. The molecule has 2 aromatic carbocycles. The van der Waals surface area contributed by atoms with Crippen molar-refractivity contribution in [3.63, 3.8) is 0 Å². The molecule has 2 aromatic rings. The van der Waals surface area contributed by atoms with Crippen LogP contribution in [0.25, 0.3) is 0 Å². The number of amides is 1. The molecule has 138 valence electrons. The number of anilines is 1. The van der Waals surface area contributed by atoms with E-state index in [4.69, 9.17) is 17.0 Å². The van der Waals surface area contributed by atoms with Gasteiger partial charge in [0.25, 0.3) is 11.1 Å². The van der Waals surface area contributed by atoms with Crippen LogP contribution in [0.1, 0.15) is 38.1 Å². The van der Waals surface area contributed by atoms with Crippen LogP contribution in [-0.2, 0) is 0 Å². The number of halogens is 1. The maximum Gasteiger partial charge on any atom is 0.265 e.